The van der Waals surface area contributed by atoms with Gasteiger partial charge < -0.3 is 10.1 Å². The van der Waals surface area contributed by atoms with Crippen LogP contribution in [0.4, 0.5) is 5.69 Å². The molecule has 1 aliphatic heterocycles. The Morgan fingerprint density at radius 2 is 1.71 bits per heavy atom. The third-order valence-electron chi connectivity index (χ3n) is 6.67. The summed E-state index contributed by atoms with van der Waals surface area (Å²) in [5, 5.41) is 2.74. The summed E-state index contributed by atoms with van der Waals surface area (Å²) in [7, 11) is 0. The number of nitrogens with zero attached hydrogens (tertiary/aromatic N) is 1. The predicted molar refractivity (Wildman–Crippen MR) is 114 cm³/mol. The van der Waals surface area contributed by atoms with Gasteiger partial charge in [-0.1, -0.05) is 38.1 Å². The number of benzene rings is 1. The number of fused-ring (bicyclic) bond motifs is 5. The topological polar surface area (TPSA) is 92.8 Å². The Hall–Kier alpha value is -2.96. The number of rotatable bonds is 6. The van der Waals surface area contributed by atoms with E-state index in [1.165, 1.54) is 0 Å². The minimum Gasteiger partial charge on any atom is -0.454 e. The van der Waals surface area contributed by atoms with Gasteiger partial charge in [0.15, 0.2) is 6.61 Å². The second-order valence-electron chi connectivity index (χ2n) is 9.21. The van der Waals surface area contributed by atoms with Crippen LogP contribution >= 0.6 is 0 Å². The van der Waals surface area contributed by atoms with E-state index in [0.29, 0.717) is 5.69 Å². The molecule has 1 saturated carbocycles. The fourth-order valence-corrected chi connectivity index (χ4v) is 5.15. The smallest absolute Gasteiger partial charge is 0.330 e. The molecule has 0 aromatic heterocycles. The average Bonchev–Trinajstić information content (AvgIpc) is 3.39. The normalized spacial score (nSPS) is 27.1. The molecular weight excluding hydrogens is 396 g/mol. The number of imide groups is 1. The zero-order valence-corrected chi connectivity index (χ0v) is 18.3. The molecule has 0 spiro atoms. The number of esters is 1. The van der Waals surface area contributed by atoms with Crippen LogP contribution in [0.1, 0.15) is 31.4 Å². The molecule has 5 atom stereocenters. The molecular formula is C24H28N2O5. The minimum absolute atomic E-state index is 0.0728. The summed E-state index contributed by atoms with van der Waals surface area (Å²) in [4.78, 5) is 52.5. The van der Waals surface area contributed by atoms with Crippen molar-refractivity contribution in [1.29, 1.82) is 0 Å². The Bertz CT molecular complexity index is 952. The van der Waals surface area contributed by atoms with E-state index in [9.17, 15) is 19.2 Å². The highest BCUT2D eigenvalue weighted by Gasteiger charge is 2.61. The molecule has 7 nitrogen and oxygen atoms in total. The molecule has 2 aliphatic carbocycles. The first-order chi connectivity index (χ1) is 14.7. The number of hydrogen-bond acceptors (Lipinski definition) is 5. The largest absolute Gasteiger partial charge is 0.454 e. The summed E-state index contributed by atoms with van der Waals surface area (Å²) < 4.78 is 5.26. The summed E-state index contributed by atoms with van der Waals surface area (Å²) in [6, 6.07) is 4.65. The Morgan fingerprint density at radius 3 is 2.29 bits per heavy atom. The van der Waals surface area contributed by atoms with Crippen LogP contribution in [0.2, 0.25) is 0 Å². The average molecular weight is 424 g/mol. The lowest BCUT2D eigenvalue weighted by Gasteiger charge is -2.28. The highest BCUT2D eigenvalue weighted by molar-refractivity contribution is 6.09. The van der Waals surface area contributed by atoms with Gasteiger partial charge in [0.2, 0.25) is 11.8 Å². The lowest BCUT2D eigenvalue weighted by molar-refractivity contribution is -0.162. The number of hydrogen-bond donors (Lipinski definition) is 1. The van der Waals surface area contributed by atoms with E-state index in [0.717, 1.165) is 22.4 Å². The van der Waals surface area contributed by atoms with Crippen molar-refractivity contribution in [2.24, 2.45) is 29.6 Å². The number of likely N-dealkylation sites (tertiary alicyclic amines) is 1. The minimum atomic E-state index is -1.03. The van der Waals surface area contributed by atoms with E-state index in [1.54, 1.807) is 13.8 Å². The maximum absolute atomic E-state index is 13.1. The first-order valence-corrected chi connectivity index (χ1v) is 10.8. The standard InChI is InChI=1S/C24H28N2O5/c1-12(2)21(26-22(28)19-15-7-8-16(10-15)20(19)23(26)29)24(30)31-11-18(27)25-17-9-13(3)5-6-14(17)4/h5-9,12,15-16,19-21H,10-11H2,1-4H3,(H,25,27)/t15-,16-,19+,20+,21-/m0/s1. The molecule has 2 fully saturated rings. The zero-order valence-electron chi connectivity index (χ0n) is 18.3. The molecule has 1 aromatic carbocycles. The third kappa shape index (κ3) is 3.66. The van der Waals surface area contributed by atoms with E-state index in [-0.39, 0.29) is 41.4 Å². The molecule has 31 heavy (non-hydrogen) atoms. The third-order valence-corrected chi connectivity index (χ3v) is 6.67. The number of amides is 3. The molecule has 1 saturated heterocycles. The number of ether oxygens (including phenoxy) is 1. The van der Waals surface area contributed by atoms with Gasteiger partial charge in [0, 0.05) is 5.69 Å². The van der Waals surface area contributed by atoms with E-state index >= 15 is 0 Å². The van der Waals surface area contributed by atoms with Crippen molar-refractivity contribution >= 4 is 29.4 Å². The maximum atomic E-state index is 13.1. The van der Waals surface area contributed by atoms with Gasteiger partial charge in [0.05, 0.1) is 11.8 Å². The number of anilines is 1. The van der Waals surface area contributed by atoms with Crippen LogP contribution in [0, 0.1) is 43.4 Å². The van der Waals surface area contributed by atoms with E-state index in [2.05, 4.69) is 5.32 Å². The molecule has 3 aliphatic rings. The van der Waals surface area contributed by atoms with Crippen LogP contribution in [-0.4, -0.2) is 41.2 Å². The van der Waals surface area contributed by atoms with Crippen LogP contribution in [-0.2, 0) is 23.9 Å². The Kier molecular flexibility index (Phi) is 5.45. The number of carbonyl (C=O) groups is 4. The molecule has 1 N–H and O–H groups in total. The van der Waals surface area contributed by atoms with Gasteiger partial charge in [-0.2, -0.15) is 0 Å². The fourth-order valence-electron chi connectivity index (χ4n) is 5.15. The Balaban J connectivity index is 1.43. The number of aryl methyl sites for hydroxylation is 2. The molecule has 0 radical (unpaired) electrons. The fraction of sp³-hybridized carbons (Fsp3) is 0.500. The van der Waals surface area contributed by atoms with Crippen molar-refractivity contribution in [2.75, 3.05) is 11.9 Å². The lowest BCUT2D eigenvalue weighted by Crippen LogP contribution is -2.50. The Morgan fingerprint density at radius 1 is 1.10 bits per heavy atom. The van der Waals surface area contributed by atoms with E-state index < -0.39 is 24.5 Å². The van der Waals surface area contributed by atoms with E-state index in [1.807, 2.05) is 44.2 Å². The van der Waals surface area contributed by atoms with Gasteiger partial charge in [-0.05, 0) is 55.2 Å². The SMILES string of the molecule is Cc1ccc(C)c(NC(=O)COC(=O)[C@H](C(C)C)N2C(=O)[C@H]3[C@H](C2=O)[C@H]2C=C[C@H]3C2)c1. The molecule has 4 rings (SSSR count). The van der Waals surface area contributed by atoms with Crippen molar-refractivity contribution < 1.29 is 23.9 Å². The summed E-state index contributed by atoms with van der Waals surface area (Å²) in [5.41, 5.74) is 2.55. The van der Waals surface area contributed by atoms with Gasteiger partial charge in [-0.15, -0.1) is 0 Å². The van der Waals surface area contributed by atoms with Crippen LogP contribution in [0.5, 0.6) is 0 Å². The zero-order chi connectivity index (χ0) is 22.4. The number of allylic oxidation sites excluding steroid dienone is 2. The highest BCUT2D eigenvalue weighted by Crippen LogP contribution is 2.53. The second kappa shape index (κ2) is 7.94. The van der Waals surface area contributed by atoms with Gasteiger partial charge in [0.1, 0.15) is 6.04 Å². The van der Waals surface area contributed by atoms with Gasteiger partial charge in [-0.3, -0.25) is 19.3 Å². The van der Waals surface area contributed by atoms with Crippen LogP contribution in [0.15, 0.2) is 30.4 Å². The van der Waals surface area contributed by atoms with Crippen molar-refractivity contribution in [3.05, 3.63) is 41.5 Å². The Labute approximate surface area is 181 Å². The van der Waals surface area contributed by atoms with Crippen molar-refractivity contribution in [3.8, 4) is 0 Å². The van der Waals surface area contributed by atoms with Gasteiger partial charge in [0.25, 0.3) is 5.91 Å². The highest BCUT2D eigenvalue weighted by atomic mass is 16.5. The molecule has 1 heterocycles. The van der Waals surface area contributed by atoms with Crippen LogP contribution < -0.4 is 5.32 Å². The predicted octanol–water partition coefficient (Wildman–Crippen LogP) is 2.62. The first kappa shape index (κ1) is 21.3. The summed E-state index contributed by atoms with van der Waals surface area (Å²) in [6.45, 7) is 6.85. The second-order valence-corrected chi connectivity index (χ2v) is 9.21. The lowest BCUT2D eigenvalue weighted by atomic mass is 9.85. The van der Waals surface area contributed by atoms with Crippen molar-refractivity contribution in [1.82, 2.24) is 4.90 Å². The summed E-state index contributed by atoms with van der Waals surface area (Å²) in [6.07, 6.45) is 4.86. The van der Waals surface area contributed by atoms with E-state index in [4.69, 9.17) is 4.74 Å². The molecule has 2 bridgehead atoms. The first-order valence-electron chi connectivity index (χ1n) is 10.8. The van der Waals surface area contributed by atoms with Crippen LogP contribution in [0.3, 0.4) is 0 Å². The van der Waals surface area contributed by atoms with Crippen molar-refractivity contribution in [3.63, 3.8) is 0 Å². The molecule has 3 amide bonds. The number of carbonyl (C=O) groups excluding carboxylic acids is 4. The van der Waals surface area contributed by atoms with Gasteiger partial charge in [-0.25, -0.2) is 4.79 Å². The molecule has 164 valence electrons. The monoisotopic (exact) mass is 424 g/mol. The summed E-state index contributed by atoms with van der Waals surface area (Å²) >= 11 is 0. The molecule has 0 unspecified atom stereocenters. The number of nitrogens with one attached hydrogen (secondary N) is 1. The molecule has 7 heteroatoms. The van der Waals surface area contributed by atoms with Gasteiger partial charge >= 0.3 is 5.97 Å². The quantitative estimate of drug-likeness (QED) is 0.431. The van der Waals surface area contributed by atoms with Crippen molar-refractivity contribution in [2.45, 2.75) is 40.2 Å². The summed E-state index contributed by atoms with van der Waals surface area (Å²) in [5.74, 6) is -2.70. The maximum Gasteiger partial charge on any atom is 0.330 e. The van der Waals surface area contributed by atoms with Crippen LogP contribution in [0.25, 0.3) is 0 Å². The molecule has 1 aromatic rings.